The van der Waals surface area contributed by atoms with Gasteiger partial charge in [0.1, 0.15) is 11.4 Å². The number of phenols is 1. The van der Waals surface area contributed by atoms with Gasteiger partial charge in [0, 0.05) is 19.9 Å². The van der Waals surface area contributed by atoms with Crippen molar-refractivity contribution in [1.82, 2.24) is 36.6 Å². The van der Waals surface area contributed by atoms with Crippen LogP contribution >= 0.6 is 11.8 Å². The minimum atomic E-state index is -2.14. The predicted octanol–water partition coefficient (Wildman–Crippen LogP) is -0.966. The van der Waals surface area contributed by atoms with Gasteiger partial charge in [0.15, 0.2) is 12.1 Å². The molecule has 0 aliphatic carbocycles. The number of thioether (sulfide) groups is 1. The van der Waals surface area contributed by atoms with Gasteiger partial charge in [-0.2, -0.15) is 0 Å². The van der Waals surface area contributed by atoms with Crippen molar-refractivity contribution in [3.05, 3.63) is 41.1 Å². The first-order chi connectivity index (χ1) is 17.1. The molecule has 0 bridgehead atoms. The van der Waals surface area contributed by atoms with Crippen molar-refractivity contribution >= 4 is 35.5 Å². The van der Waals surface area contributed by atoms with Gasteiger partial charge in [0.05, 0.1) is 6.61 Å². The van der Waals surface area contributed by atoms with Gasteiger partial charge in [-0.1, -0.05) is 23.9 Å². The smallest absolute Gasteiger partial charge is 0.352 e. The molecule has 1 fully saturated rings. The van der Waals surface area contributed by atoms with Crippen molar-refractivity contribution in [2.45, 2.75) is 23.0 Å². The van der Waals surface area contributed by atoms with Crippen LogP contribution in [-0.4, -0.2) is 95.6 Å². The van der Waals surface area contributed by atoms with Crippen molar-refractivity contribution in [2.75, 3.05) is 19.5 Å². The van der Waals surface area contributed by atoms with E-state index in [0.29, 0.717) is 5.16 Å². The van der Waals surface area contributed by atoms with Crippen molar-refractivity contribution < 1.29 is 44.0 Å². The van der Waals surface area contributed by atoms with Crippen LogP contribution in [0.4, 0.5) is 0 Å². The number of aromatic hydroxyl groups is 1. The molecule has 1 aromatic heterocycles. The SMILES string of the molecule is CO[C@@]1(NC(=O)[C@H](C(=O)O)c2ccc(O)cc2)C(=O)N2C(C(=O)O)=C(CSc3nnnn3C)CO[C@@H]21.N. The molecule has 17 heteroatoms. The lowest BCUT2D eigenvalue weighted by atomic mass is 9.92. The topological polar surface area (TPSA) is 241 Å². The van der Waals surface area contributed by atoms with Crippen LogP contribution in [0, 0.1) is 0 Å². The minimum absolute atomic E-state index is 0. The van der Waals surface area contributed by atoms with Crippen molar-refractivity contribution in [1.29, 1.82) is 0 Å². The van der Waals surface area contributed by atoms with E-state index in [-0.39, 0.29) is 41.1 Å². The molecule has 3 heterocycles. The number of carbonyl (C=O) groups excluding carboxylic acids is 2. The highest BCUT2D eigenvalue weighted by molar-refractivity contribution is 7.99. The molecular formula is C20H23N7O9S. The molecule has 3 atom stereocenters. The third-order valence-electron chi connectivity index (χ3n) is 5.64. The number of aromatic nitrogens is 4. The third-order valence-corrected chi connectivity index (χ3v) is 6.73. The standard InChI is InChI=1S/C20H20N6O9S.H3N/c1-25-19(22-23-24-25)36-8-10-7-35-18-20(34-2,17(33)26(18)13(10)16(31)32)21-14(28)12(15(29)30)9-3-5-11(27)6-4-9;/h3-6,12,18,27H,7-8H2,1-2H3,(H,21,28)(H,29,30)(H,31,32);1H3/t12-,18-,20+;/m1./s1. The van der Waals surface area contributed by atoms with E-state index in [9.17, 15) is 34.5 Å². The number of nitrogens with one attached hydrogen (secondary N) is 1. The van der Waals surface area contributed by atoms with Crippen LogP contribution in [0.2, 0.25) is 0 Å². The number of amides is 2. The van der Waals surface area contributed by atoms with Gasteiger partial charge in [-0.05, 0) is 33.7 Å². The lowest BCUT2D eigenvalue weighted by molar-refractivity contribution is -0.258. The third kappa shape index (κ3) is 4.71. The summed E-state index contributed by atoms with van der Waals surface area (Å²) in [5, 5.41) is 42.6. The van der Waals surface area contributed by atoms with Crippen LogP contribution in [-0.2, 0) is 35.7 Å². The fourth-order valence-electron chi connectivity index (χ4n) is 3.88. The highest BCUT2D eigenvalue weighted by Gasteiger charge is 2.68. The fourth-order valence-corrected chi connectivity index (χ4v) is 4.72. The molecule has 37 heavy (non-hydrogen) atoms. The van der Waals surface area contributed by atoms with Crippen LogP contribution in [0.25, 0.3) is 0 Å². The fraction of sp³-hybridized carbons (Fsp3) is 0.350. The summed E-state index contributed by atoms with van der Waals surface area (Å²) in [6.45, 7) is -0.213. The maximum atomic E-state index is 13.2. The Labute approximate surface area is 212 Å². The lowest BCUT2D eigenvalue weighted by Crippen LogP contribution is -2.82. The first-order valence-electron chi connectivity index (χ1n) is 10.2. The Morgan fingerprint density at radius 1 is 1.30 bits per heavy atom. The van der Waals surface area contributed by atoms with Gasteiger partial charge in [-0.15, -0.1) is 5.10 Å². The molecule has 0 radical (unpaired) electrons. The number of carbonyl (C=O) groups is 4. The monoisotopic (exact) mass is 537 g/mol. The van der Waals surface area contributed by atoms with E-state index in [2.05, 4.69) is 20.8 Å². The molecule has 2 aromatic rings. The first-order valence-corrected chi connectivity index (χ1v) is 11.2. The molecule has 16 nitrogen and oxygen atoms in total. The number of fused-ring (bicyclic) bond motifs is 1. The van der Waals surface area contributed by atoms with Gasteiger partial charge < -0.3 is 36.3 Å². The summed E-state index contributed by atoms with van der Waals surface area (Å²) in [7, 11) is 2.71. The summed E-state index contributed by atoms with van der Waals surface area (Å²) in [6, 6.07) is 4.93. The molecule has 198 valence electrons. The molecule has 0 saturated carbocycles. The minimum Gasteiger partial charge on any atom is -0.508 e. The Morgan fingerprint density at radius 3 is 2.51 bits per heavy atom. The number of benzene rings is 1. The summed E-state index contributed by atoms with van der Waals surface area (Å²) in [5.41, 5.74) is -2.17. The molecular weight excluding hydrogens is 514 g/mol. The lowest BCUT2D eigenvalue weighted by Gasteiger charge is -2.55. The van der Waals surface area contributed by atoms with Crippen LogP contribution < -0.4 is 11.5 Å². The second-order valence-electron chi connectivity index (χ2n) is 7.76. The zero-order chi connectivity index (χ0) is 26.2. The normalized spacial score (nSPS) is 21.4. The van der Waals surface area contributed by atoms with E-state index in [0.717, 1.165) is 23.8 Å². The number of nitrogens with zero attached hydrogens (tertiary/aromatic N) is 5. The van der Waals surface area contributed by atoms with Crippen molar-refractivity contribution in [3.63, 3.8) is 0 Å². The molecule has 1 aromatic carbocycles. The second kappa shape index (κ2) is 10.5. The maximum Gasteiger partial charge on any atom is 0.352 e. The van der Waals surface area contributed by atoms with E-state index in [1.165, 1.54) is 28.9 Å². The number of methoxy groups -OCH3 is 1. The van der Waals surface area contributed by atoms with Crippen LogP contribution in [0.5, 0.6) is 5.75 Å². The molecule has 4 rings (SSSR count). The number of phenolic OH excluding ortho intramolecular Hbond substituents is 1. The number of ether oxygens (including phenoxy) is 2. The zero-order valence-electron chi connectivity index (χ0n) is 19.5. The van der Waals surface area contributed by atoms with Crippen molar-refractivity contribution in [3.8, 4) is 5.75 Å². The Balaban J connectivity index is 0.00000380. The van der Waals surface area contributed by atoms with E-state index < -0.39 is 41.6 Å². The number of aryl methyl sites for hydroxylation is 1. The Hall–Kier alpha value is -4.06. The van der Waals surface area contributed by atoms with E-state index >= 15 is 0 Å². The van der Waals surface area contributed by atoms with E-state index in [1.807, 2.05) is 0 Å². The maximum absolute atomic E-state index is 13.2. The van der Waals surface area contributed by atoms with Crippen LogP contribution in [0.1, 0.15) is 11.5 Å². The number of hydrogen-bond acceptors (Lipinski definition) is 12. The molecule has 7 N–H and O–H groups in total. The van der Waals surface area contributed by atoms with Crippen molar-refractivity contribution in [2.24, 2.45) is 7.05 Å². The summed E-state index contributed by atoms with van der Waals surface area (Å²) in [4.78, 5) is 51.0. The Kier molecular flexibility index (Phi) is 7.82. The number of hydrogen-bond donors (Lipinski definition) is 5. The summed E-state index contributed by atoms with van der Waals surface area (Å²) in [5.74, 6) is -6.73. The number of tetrazole rings is 1. The van der Waals surface area contributed by atoms with Gasteiger partial charge >= 0.3 is 11.9 Å². The van der Waals surface area contributed by atoms with Gasteiger partial charge in [-0.25, -0.2) is 9.48 Å². The quantitative estimate of drug-likeness (QED) is 0.112. The highest BCUT2D eigenvalue weighted by atomic mass is 32.2. The zero-order valence-corrected chi connectivity index (χ0v) is 20.3. The summed E-state index contributed by atoms with van der Waals surface area (Å²) >= 11 is 1.14. The number of rotatable bonds is 9. The summed E-state index contributed by atoms with van der Waals surface area (Å²) in [6.07, 6.45) is -1.36. The van der Waals surface area contributed by atoms with Gasteiger partial charge in [0.25, 0.3) is 11.6 Å². The van der Waals surface area contributed by atoms with Gasteiger partial charge in [0.2, 0.25) is 11.1 Å². The Morgan fingerprint density at radius 2 is 1.97 bits per heavy atom. The molecule has 0 unspecified atom stereocenters. The number of aliphatic carboxylic acids is 2. The molecule has 0 spiro atoms. The number of β-lactam (4-membered cyclic amide) rings is 1. The first kappa shape index (κ1) is 27.5. The average Bonchev–Trinajstić information content (AvgIpc) is 3.25. The molecule has 2 aliphatic heterocycles. The Bertz CT molecular complexity index is 1270. The van der Waals surface area contributed by atoms with Crippen LogP contribution in [0.3, 0.4) is 0 Å². The van der Waals surface area contributed by atoms with Crippen LogP contribution in [0.15, 0.2) is 40.7 Å². The largest absolute Gasteiger partial charge is 0.508 e. The van der Waals surface area contributed by atoms with Gasteiger partial charge in [-0.3, -0.25) is 19.3 Å². The molecule has 2 amide bonds. The van der Waals surface area contributed by atoms with E-state index in [4.69, 9.17) is 9.47 Å². The molecule has 1 saturated heterocycles. The highest BCUT2D eigenvalue weighted by Crippen LogP contribution is 2.41. The molecule has 2 aliphatic rings. The average molecular weight is 538 g/mol. The van der Waals surface area contributed by atoms with E-state index in [1.54, 1.807) is 7.05 Å². The second-order valence-corrected chi connectivity index (χ2v) is 8.70. The number of carboxylic acid groups (broad SMARTS) is 2. The summed E-state index contributed by atoms with van der Waals surface area (Å²) < 4.78 is 12.4. The number of carboxylic acids is 2. The predicted molar refractivity (Wildman–Crippen MR) is 122 cm³/mol.